The van der Waals surface area contributed by atoms with Gasteiger partial charge in [-0.25, -0.2) is 4.98 Å². The molecule has 3 aromatic rings. The summed E-state index contributed by atoms with van der Waals surface area (Å²) in [5.41, 5.74) is 1.80. The molecule has 1 fully saturated rings. The predicted octanol–water partition coefficient (Wildman–Crippen LogP) is 4.54. The molecular weight excluding hydrogens is 372 g/mol. The number of carbonyl (C=O) groups excluding carboxylic acids is 1. The molecule has 1 aliphatic heterocycles. The van der Waals surface area contributed by atoms with Crippen molar-refractivity contribution in [3.8, 4) is 5.75 Å². The van der Waals surface area contributed by atoms with E-state index in [9.17, 15) is 4.79 Å². The largest absolute Gasteiger partial charge is 0.491 e. The van der Waals surface area contributed by atoms with Gasteiger partial charge in [0.2, 0.25) is 0 Å². The second kappa shape index (κ2) is 8.99. The van der Waals surface area contributed by atoms with Gasteiger partial charge in [0.25, 0.3) is 5.91 Å². The summed E-state index contributed by atoms with van der Waals surface area (Å²) < 4.78 is 11.3. The minimum Gasteiger partial charge on any atom is -0.491 e. The number of amides is 1. The maximum Gasteiger partial charge on any atom is 0.257 e. The van der Waals surface area contributed by atoms with E-state index in [0.717, 1.165) is 36.5 Å². The van der Waals surface area contributed by atoms with Crippen molar-refractivity contribution in [1.82, 2.24) is 4.98 Å². The summed E-state index contributed by atoms with van der Waals surface area (Å²) in [6.07, 6.45) is 4.94. The first-order valence-electron chi connectivity index (χ1n) is 9.41. The van der Waals surface area contributed by atoms with E-state index in [2.05, 4.69) is 22.4 Å². The van der Waals surface area contributed by atoms with Gasteiger partial charge in [-0.15, -0.1) is 11.3 Å². The van der Waals surface area contributed by atoms with Crippen LogP contribution in [0.2, 0.25) is 0 Å². The molecule has 28 heavy (non-hydrogen) atoms. The predicted molar refractivity (Wildman–Crippen MR) is 110 cm³/mol. The molecule has 0 aliphatic carbocycles. The molecule has 1 aromatic heterocycles. The van der Waals surface area contributed by atoms with Crippen LogP contribution in [0.4, 0.5) is 5.13 Å². The molecule has 1 amide bonds. The van der Waals surface area contributed by atoms with Gasteiger partial charge in [0.05, 0.1) is 6.10 Å². The van der Waals surface area contributed by atoms with Gasteiger partial charge in [0, 0.05) is 29.7 Å². The molecule has 1 N–H and O–H groups in total. The Labute approximate surface area is 168 Å². The number of hydrogen-bond acceptors (Lipinski definition) is 5. The van der Waals surface area contributed by atoms with E-state index in [1.807, 2.05) is 36.5 Å². The van der Waals surface area contributed by atoms with Crippen molar-refractivity contribution in [3.63, 3.8) is 0 Å². The lowest BCUT2D eigenvalue weighted by Gasteiger charge is -2.11. The summed E-state index contributed by atoms with van der Waals surface area (Å²) in [5.74, 6) is 0.567. The number of rotatable bonds is 7. The zero-order chi connectivity index (χ0) is 19.2. The van der Waals surface area contributed by atoms with E-state index in [4.69, 9.17) is 9.47 Å². The third kappa shape index (κ3) is 4.97. The van der Waals surface area contributed by atoms with E-state index in [-0.39, 0.29) is 12.0 Å². The van der Waals surface area contributed by atoms with E-state index >= 15 is 0 Å². The van der Waals surface area contributed by atoms with Crippen molar-refractivity contribution < 1.29 is 14.3 Å². The summed E-state index contributed by atoms with van der Waals surface area (Å²) >= 11 is 1.49. The molecule has 0 bridgehead atoms. The topological polar surface area (TPSA) is 60.5 Å². The highest BCUT2D eigenvalue weighted by Crippen LogP contribution is 2.22. The lowest BCUT2D eigenvalue weighted by molar-refractivity contribution is 0.0679. The van der Waals surface area contributed by atoms with Crippen molar-refractivity contribution in [2.75, 3.05) is 18.5 Å². The van der Waals surface area contributed by atoms with Crippen LogP contribution in [0.1, 0.15) is 33.6 Å². The lowest BCUT2D eigenvalue weighted by atomic mass is 10.1. The Morgan fingerprint density at radius 3 is 2.75 bits per heavy atom. The lowest BCUT2D eigenvalue weighted by Crippen LogP contribution is -2.16. The fourth-order valence-corrected chi connectivity index (χ4v) is 3.92. The highest BCUT2D eigenvalue weighted by atomic mass is 32.1. The van der Waals surface area contributed by atoms with Crippen molar-refractivity contribution >= 4 is 22.4 Å². The van der Waals surface area contributed by atoms with Crippen LogP contribution < -0.4 is 10.1 Å². The number of anilines is 1. The maximum absolute atomic E-state index is 12.5. The van der Waals surface area contributed by atoms with Crippen molar-refractivity contribution in [2.24, 2.45) is 0 Å². The normalized spacial score (nSPS) is 16.1. The molecule has 4 rings (SSSR count). The van der Waals surface area contributed by atoms with E-state index in [1.54, 1.807) is 12.1 Å². The first-order chi connectivity index (χ1) is 13.8. The molecule has 2 heterocycles. The van der Waals surface area contributed by atoms with Crippen molar-refractivity contribution in [1.29, 1.82) is 0 Å². The van der Waals surface area contributed by atoms with Gasteiger partial charge < -0.3 is 9.47 Å². The molecule has 0 spiro atoms. The monoisotopic (exact) mass is 394 g/mol. The average Bonchev–Trinajstić information content (AvgIpc) is 3.40. The number of thiazole rings is 1. The van der Waals surface area contributed by atoms with Gasteiger partial charge in [-0.3, -0.25) is 10.1 Å². The minimum atomic E-state index is -0.175. The average molecular weight is 394 g/mol. The zero-order valence-corrected chi connectivity index (χ0v) is 16.3. The number of ether oxygens (including phenoxy) is 2. The quantitative estimate of drug-likeness (QED) is 0.639. The first kappa shape index (κ1) is 18.7. The summed E-state index contributed by atoms with van der Waals surface area (Å²) in [5, 5.41) is 3.47. The van der Waals surface area contributed by atoms with E-state index < -0.39 is 0 Å². The third-order valence-electron chi connectivity index (χ3n) is 4.57. The molecule has 2 aromatic carbocycles. The van der Waals surface area contributed by atoms with Gasteiger partial charge in [-0.05, 0) is 42.7 Å². The highest BCUT2D eigenvalue weighted by Gasteiger charge is 2.16. The number of aromatic nitrogens is 1. The number of carbonyl (C=O) groups is 1. The Morgan fingerprint density at radius 1 is 1.18 bits per heavy atom. The Morgan fingerprint density at radius 2 is 2.00 bits per heavy atom. The number of hydrogen-bond donors (Lipinski definition) is 1. The summed E-state index contributed by atoms with van der Waals surface area (Å²) in [6.45, 7) is 1.37. The van der Waals surface area contributed by atoms with Crippen LogP contribution in [0.25, 0.3) is 0 Å². The highest BCUT2D eigenvalue weighted by molar-refractivity contribution is 7.15. The maximum atomic E-state index is 12.5. The Kier molecular flexibility index (Phi) is 5.99. The number of nitrogens with one attached hydrogen (secondary N) is 1. The van der Waals surface area contributed by atoms with Crippen LogP contribution in [0, 0.1) is 0 Å². The molecule has 1 saturated heterocycles. The van der Waals surface area contributed by atoms with Gasteiger partial charge in [-0.2, -0.15) is 0 Å². The van der Waals surface area contributed by atoms with Crippen LogP contribution in [0.15, 0.2) is 60.8 Å². The molecule has 5 nitrogen and oxygen atoms in total. The van der Waals surface area contributed by atoms with Gasteiger partial charge in [0.15, 0.2) is 5.13 Å². The fourth-order valence-electron chi connectivity index (χ4n) is 3.08. The molecule has 0 unspecified atom stereocenters. The van der Waals surface area contributed by atoms with Gasteiger partial charge >= 0.3 is 0 Å². The molecule has 144 valence electrons. The Bertz CT molecular complexity index is 903. The Balaban J connectivity index is 1.30. The second-order valence-electron chi connectivity index (χ2n) is 6.72. The minimum absolute atomic E-state index is 0.175. The molecule has 6 heteroatoms. The van der Waals surface area contributed by atoms with E-state index in [0.29, 0.717) is 17.3 Å². The summed E-state index contributed by atoms with van der Waals surface area (Å²) in [7, 11) is 0. The molecule has 0 radical (unpaired) electrons. The third-order valence-corrected chi connectivity index (χ3v) is 5.48. The second-order valence-corrected chi connectivity index (χ2v) is 7.83. The Hall–Kier alpha value is -2.70. The van der Waals surface area contributed by atoms with Crippen LogP contribution in [-0.2, 0) is 11.2 Å². The fraction of sp³-hybridized carbons (Fsp3) is 0.273. The molecule has 0 saturated carbocycles. The van der Waals surface area contributed by atoms with Crippen molar-refractivity contribution in [2.45, 2.75) is 25.4 Å². The summed E-state index contributed by atoms with van der Waals surface area (Å²) in [6, 6.07) is 17.4. The first-order valence-corrected chi connectivity index (χ1v) is 10.2. The van der Waals surface area contributed by atoms with Crippen LogP contribution in [-0.4, -0.2) is 30.2 Å². The van der Waals surface area contributed by atoms with Crippen LogP contribution in [0.3, 0.4) is 0 Å². The molecular formula is C22H22N2O3S. The van der Waals surface area contributed by atoms with Crippen LogP contribution in [0.5, 0.6) is 5.75 Å². The van der Waals surface area contributed by atoms with Crippen LogP contribution >= 0.6 is 11.3 Å². The number of benzene rings is 2. The SMILES string of the molecule is O=C(Nc1ncc(Cc2ccccc2)s1)c1ccc(OC[C@@H]2CCCO2)cc1. The number of nitrogens with zero attached hydrogens (tertiary/aromatic N) is 1. The molecule has 1 aliphatic rings. The smallest absolute Gasteiger partial charge is 0.257 e. The van der Waals surface area contributed by atoms with E-state index in [1.165, 1.54) is 16.9 Å². The van der Waals surface area contributed by atoms with Gasteiger partial charge in [-0.1, -0.05) is 30.3 Å². The van der Waals surface area contributed by atoms with Gasteiger partial charge in [0.1, 0.15) is 12.4 Å². The van der Waals surface area contributed by atoms with Crippen molar-refractivity contribution in [3.05, 3.63) is 76.8 Å². The standard InChI is InChI=1S/C22H22N2O3S/c25-21(17-8-10-18(11-9-17)27-15-19-7-4-12-26-19)24-22-23-14-20(28-22)13-16-5-2-1-3-6-16/h1-3,5-6,8-11,14,19H,4,7,12-13,15H2,(H,23,24,25)/t19-/m0/s1. The zero-order valence-electron chi connectivity index (χ0n) is 15.5. The summed E-state index contributed by atoms with van der Waals surface area (Å²) in [4.78, 5) is 17.9. The molecule has 1 atom stereocenters.